The summed E-state index contributed by atoms with van der Waals surface area (Å²) in [5.74, 6) is -0.294. The number of carbonyl (C=O) groups excluding carboxylic acids is 1. The van der Waals surface area contributed by atoms with Gasteiger partial charge in [0, 0.05) is 5.39 Å². The highest BCUT2D eigenvalue weighted by molar-refractivity contribution is 5.83. The Bertz CT molecular complexity index is 1760. The summed E-state index contributed by atoms with van der Waals surface area (Å²) in [5.41, 5.74) is 5.43. The summed E-state index contributed by atoms with van der Waals surface area (Å²) in [6.07, 6.45) is -0.693. The number of fused-ring (bicyclic) bond motifs is 1. The molecule has 2 atom stereocenters. The van der Waals surface area contributed by atoms with Gasteiger partial charge >= 0.3 is 5.97 Å². The number of aryl methyl sites for hydroxylation is 4. The highest BCUT2D eigenvalue weighted by atomic mass is 16.5. The smallest absolute Gasteiger partial charge is 0.335 e. The first-order chi connectivity index (χ1) is 20.4. The van der Waals surface area contributed by atoms with Crippen molar-refractivity contribution >= 4 is 22.8 Å². The molecular formula is C35H36N2O6. The largest absolute Gasteiger partial charge is 0.479 e. The summed E-state index contributed by atoms with van der Waals surface area (Å²) in [7, 11) is 0. The monoisotopic (exact) mass is 580 g/mol. The molecule has 5 rings (SSSR count). The lowest BCUT2D eigenvalue weighted by atomic mass is 9.93. The Hall–Kier alpha value is -4.69. The Kier molecular flexibility index (Phi) is 8.24. The van der Waals surface area contributed by atoms with Gasteiger partial charge in [0.15, 0.2) is 5.60 Å². The summed E-state index contributed by atoms with van der Waals surface area (Å²) >= 11 is 0. The van der Waals surface area contributed by atoms with Crippen LogP contribution in [0.5, 0.6) is 0 Å². The molecule has 2 N–H and O–H groups in total. The maximum Gasteiger partial charge on any atom is 0.335 e. The van der Waals surface area contributed by atoms with E-state index in [1.807, 2.05) is 54.6 Å². The second-order valence-electron chi connectivity index (χ2n) is 11.5. The van der Waals surface area contributed by atoms with E-state index in [0.717, 1.165) is 27.6 Å². The second-order valence-corrected chi connectivity index (χ2v) is 11.5. The Labute approximate surface area is 250 Å². The Morgan fingerprint density at radius 2 is 1.72 bits per heavy atom. The van der Waals surface area contributed by atoms with Gasteiger partial charge in [0.05, 0.1) is 23.7 Å². The summed E-state index contributed by atoms with van der Waals surface area (Å²) in [5, 5.41) is 17.8. The van der Waals surface area contributed by atoms with Crippen molar-refractivity contribution in [2.24, 2.45) is 0 Å². The van der Waals surface area contributed by atoms with Crippen LogP contribution in [0.3, 0.4) is 0 Å². The van der Waals surface area contributed by atoms with E-state index >= 15 is 0 Å². The third kappa shape index (κ3) is 6.39. The van der Waals surface area contributed by atoms with Crippen molar-refractivity contribution in [3.63, 3.8) is 0 Å². The topological polar surface area (TPSA) is 115 Å². The van der Waals surface area contributed by atoms with Crippen molar-refractivity contribution in [1.29, 1.82) is 0 Å². The van der Waals surface area contributed by atoms with Crippen LogP contribution >= 0.6 is 0 Å². The van der Waals surface area contributed by atoms with Gasteiger partial charge < -0.3 is 24.1 Å². The van der Waals surface area contributed by atoms with Gasteiger partial charge in [-0.2, -0.15) is 0 Å². The number of rotatable bonds is 10. The molecule has 2 heterocycles. The molecule has 0 saturated heterocycles. The number of nitrogens with zero attached hydrogens (tertiary/aromatic N) is 1. The molecular weight excluding hydrogens is 544 g/mol. The zero-order valence-corrected chi connectivity index (χ0v) is 25.2. The van der Waals surface area contributed by atoms with Gasteiger partial charge in [-0.25, -0.2) is 4.79 Å². The van der Waals surface area contributed by atoms with Crippen LogP contribution in [0.15, 0.2) is 81.7 Å². The van der Waals surface area contributed by atoms with E-state index in [1.165, 1.54) is 19.4 Å². The fraction of sp³-hybridized carbons (Fsp3) is 0.286. The van der Waals surface area contributed by atoms with Gasteiger partial charge in [0.2, 0.25) is 5.91 Å². The SMILES string of the molecule is Cc1ccc([C@@H](NC(=O)Cc2ccc3oc([C@H](OC(C)(C)C(=O)O)c4c(C)noc4C)cc3c2)c2ccccc2)c(C)c1. The normalized spacial score (nSPS) is 13.2. The molecule has 3 aromatic carbocycles. The minimum absolute atomic E-state index is 0.114. The quantitative estimate of drug-likeness (QED) is 0.182. The van der Waals surface area contributed by atoms with Crippen LogP contribution in [-0.2, 0) is 20.7 Å². The van der Waals surface area contributed by atoms with E-state index in [1.54, 1.807) is 13.8 Å². The maximum absolute atomic E-state index is 13.4. The number of carboxylic acids is 1. The summed E-state index contributed by atoms with van der Waals surface area (Å²) in [6, 6.07) is 23.3. The molecule has 0 radical (unpaired) electrons. The van der Waals surface area contributed by atoms with Crippen LogP contribution in [0.25, 0.3) is 11.0 Å². The molecule has 0 saturated carbocycles. The van der Waals surface area contributed by atoms with E-state index in [4.69, 9.17) is 13.7 Å². The highest BCUT2D eigenvalue weighted by Crippen LogP contribution is 2.37. The number of carbonyl (C=O) groups is 2. The number of carboxylic acid groups (broad SMARTS) is 1. The van der Waals surface area contributed by atoms with Crippen molar-refractivity contribution in [2.45, 2.75) is 65.7 Å². The number of ether oxygens (including phenoxy) is 1. The molecule has 0 fully saturated rings. The van der Waals surface area contributed by atoms with E-state index in [9.17, 15) is 14.7 Å². The Morgan fingerprint density at radius 1 is 0.977 bits per heavy atom. The van der Waals surface area contributed by atoms with Crippen LogP contribution in [-0.4, -0.2) is 27.7 Å². The third-order valence-corrected chi connectivity index (χ3v) is 7.68. The van der Waals surface area contributed by atoms with E-state index in [-0.39, 0.29) is 18.4 Å². The van der Waals surface area contributed by atoms with Gasteiger partial charge in [-0.3, -0.25) is 4.79 Å². The maximum atomic E-state index is 13.4. The number of furan rings is 1. The highest BCUT2D eigenvalue weighted by Gasteiger charge is 2.37. The van der Waals surface area contributed by atoms with Crippen molar-refractivity contribution in [1.82, 2.24) is 10.5 Å². The van der Waals surface area contributed by atoms with E-state index in [0.29, 0.717) is 28.4 Å². The zero-order valence-electron chi connectivity index (χ0n) is 25.2. The standard InChI is InChI=1S/C35H36N2O6/c1-20-12-14-27(21(2)16-20)32(25-10-8-7-9-11-25)36-30(38)18-24-13-15-28-26(17-24)19-29(41-28)33(42-35(5,6)34(39)40)31-22(3)37-43-23(31)4/h7-17,19,32-33H,18H2,1-6H3,(H,36,38)(H,39,40)/t32-,33-/m0/s1. The van der Waals surface area contributed by atoms with Gasteiger partial charge in [-0.15, -0.1) is 0 Å². The van der Waals surface area contributed by atoms with Crippen molar-refractivity contribution in [3.8, 4) is 0 Å². The fourth-order valence-corrected chi connectivity index (χ4v) is 5.35. The molecule has 0 aliphatic heterocycles. The van der Waals surface area contributed by atoms with E-state index in [2.05, 4.69) is 42.5 Å². The predicted molar refractivity (Wildman–Crippen MR) is 163 cm³/mol. The van der Waals surface area contributed by atoms with Crippen LogP contribution in [0.2, 0.25) is 0 Å². The first-order valence-corrected chi connectivity index (χ1v) is 14.2. The first kappa shape index (κ1) is 29.8. The molecule has 0 unspecified atom stereocenters. The lowest BCUT2D eigenvalue weighted by Crippen LogP contribution is -2.36. The molecule has 0 aliphatic carbocycles. The molecule has 0 spiro atoms. The minimum Gasteiger partial charge on any atom is -0.479 e. The zero-order chi connectivity index (χ0) is 30.9. The second kappa shape index (κ2) is 11.9. The summed E-state index contributed by atoms with van der Waals surface area (Å²) < 4.78 is 17.6. The molecule has 5 aromatic rings. The Morgan fingerprint density at radius 3 is 2.37 bits per heavy atom. The Balaban J connectivity index is 1.42. The van der Waals surface area contributed by atoms with Crippen molar-refractivity contribution < 1.29 is 28.4 Å². The molecule has 0 bridgehead atoms. The average Bonchev–Trinajstić information content (AvgIpc) is 3.53. The predicted octanol–water partition coefficient (Wildman–Crippen LogP) is 7.07. The number of aromatic nitrogens is 1. The molecule has 0 aliphatic rings. The fourth-order valence-electron chi connectivity index (χ4n) is 5.35. The average molecular weight is 581 g/mol. The van der Waals surface area contributed by atoms with Crippen LogP contribution in [0, 0.1) is 27.7 Å². The molecule has 8 nitrogen and oxygen atoms in total. The van der Waals surface area contributed by atoms with E-state index < -0.39 is 17.7 Å². The number of benzene rings is 3. The van der Waals surface area contributed by atoms with Gasteiger partial charge in [-0.1, -0.05) is 65.3 Å². The lowest BCUT2D eigenvalue weighted by Gasteiger charge is -2.26. The minimum atomic E-state index is -1.51. The first-order valence-electron chi connectivity index (χ1n) is 14.2. The van der Waals surface area contributed by atoms with Crippen molar-refractivity contribution in [3.05, 3.63) is 123 Å². The molecule has 222 valence electrons. The third-order valence-electron chi connectivity index (χ3n) is 7.68. The summed E-state index contributed by atoms with van der Waals surface area (Å²) in [6.45, 7) is 10.6. The molecule has 8 heteroatoms. The molecule has 43 heavy (non-hydrogen) atoms. The van der Waals surface area contributed by atoms with Gasteiger partial charge in [0.25, 0.3) is 0 Å². The van der Waals surface area contributed by atoms with Crippen LogP contribution in [0.1, 0.15) is 76.6 Å². The number of aliphatic carboxylic acids is 1. The van der Waals surface area contributed by atoms with Gasteiger partial charge in [-0.05, 0) is 82.0 Å². The van der Waals surface area contributed by atoms with Crippen LogP contribution in [0.4, 0.5) is 0 Å². The van der Waals surface area contributed by atoms with Crippen molar-refractivity contribution in [2.75, 3.05) is 0 Å². The van der Waals surface area contributed by atoms with Crippen LogP contribution < -0.4 is 5.32 Å². The molecule has 2 aromatic heterocycles. The van der Waals surface area contributed by atoms with Gasteiger partial charge in [0.1, 0.15) is 23.2 Å². The lowest BCUT2D eigenvalue weighted by molar-refractivity contribution is -0.166. The summed E-state index contributed by atoms with van der Waals surface area (Å²) in [4.78, 5) is 25.3. The number of nitrogens with one attached hydrogen (secondary N) is 1. The molecule has 1 amide bonds. The number of hydrogen-bond donors (Lipinski definition) is 2. The number of hydrogen-bond acceptors (Lipinski definition) is 6. The number of amides is 1.